The summed E-state index contributed by atoms with van der Waals surface area (Å²) in [6.07, 6.45) is 1.74. The second-order valence-corrected chi connectivity index (χ2v) is 7.52. The monoisotopic (exact) mass is 410 g/mol. The highest BCUT2D eigenvalue weighted by atomic mass is 35.5. The Labute approximate surface area is 171 Å². The van der Waals surface area contributed by atoms with E-state index in [9.17, 15) is 14.4 Å². The first-order chi connectivity index (χ1) is 13.9. The van der Waals surface area contributed by atoms with E-state index in [1.807, 2.05) is 19.1 Å². The second kappa shape index (κ2) is 7.67. The average molecular weight is 411 g/mol. The number of halogens is 1. The lowest BCUT2D eigenvalue weighted by atomic mass is 10.2. The van der Waals surface area contributed by atoms with Crippen LogP contribution in [-0.2, 0) is 6.54 Å². The largest absolute Gasteiger partial charge is 0.352 e. The zero-order chi connectivity index (χ0) is 20.5. The molecule has 8 heteroatoms. The lowest BCUT2D eigenvalue weighted by Crippen LogP contribution is -2.46. The molecule has 4 rings (SSSR count). The molecule has 1 aliphatic carbocycles. The maximum atomic E-state index is 13.1. The Balaban J connectivity index is 1.88. The molecule has 1 fully saturated rings. The molecule has 1 amide bonds. The maximum absolute atomic E-state index is 13.1. The summed E-state index contributed by atoms with van der Waals surface area (Å²) in [7, 11) is 0. The Morgan fingerprint density at radius 1 is 1.14 bits per heavy atom. The number of carbonyl (C=O) groups is 1. The van der Waals surface area contributed by atoms with Gasteiger partial charge >= 0.3 is 5.69 Å². The molecule has 0 atom stereocenters. The van der Waals surface area contributed by atoms with Crippen molar-refractivity contribution in [3.8, 4) is 5.69 Å². The molecule has 0 radical (unpaired) electrons. The molecule has 2 aromatic carbocycles. The molecule has 7 nitrogen and oxygen atoms in total. The van der Waals surface area contributed by atoms with Crippen molar-refractivity contribution in [2.75, 3.05) is 0 Å². The summed E-state index contributed by atoms with van der Waals surface area (Å²) in [6.45, 7) is 1.86. The van der Waals surface area contributed by atoms with Gasteiger partial charge in [-0.3, -0.25) is 14.2 Å². The van der Waals surface area contributed by atoms with Crippen molar-refractivity contribution >= 4 is 17.5 Å². The molecule has 0 spiro atoms. The van der Waals surface area contributed by atoms with E-state index in [0.29, 0.717) is 16.3 Å². The smallest absolute Gasteiger partial charge is 0.348 e. The number of nitrogens with zero attached hydrogens (tertiary/aromatic N) is 3. The van der Waals surface area contributed by atoms with Crippen LogP contribution in [0.3, 0.4) is 0 Å². The van der Waals surface area contributed by atoms with E-state index < -0.39 is 17.2 Å². The summed E-state index contributed by atoms with van der Waals surface area (Å²) in [5.41, 5.74) is 0.387. The molecule has 1 aromatic heterocycles. The summed E-state index contributed by atoms with van der Waals surface area (Å²) in [5.74, 6) is -0.578. The normalized spacial score (nSPS) is 13.3. The second-order valence-electron chi connectivity index (χ2n) is 7.11. The van der Waals surface area contributed by atoms with E-state index in [-0.39, 0.29) is 18.3 Å². The fraction of sp³-hybridized carbons (Fsp3) is 0.238. The molecule has 1 saturated carbocycles. The molecular weight excluding hydrogens is 392 g/mol. The Morgan fingerprint density at radius 2 is 1.83 bits per heavy atom. The lowest BCUT2D eigenvalue weighted by Gasteiger charge is -2.13. The molecule has 0 saturated heterocycles. The van der Waals surface area contributed by atoms with Gasteiger partial charge in [-0.25, -0.2) is 4.79 Å². The van der Waals surface area contributed by atoms with Gasteiger partial charge in [0.25, 0.3) is 11.5 Å². The molecule has 1 N–H and O–H groups in total. The highest BCUT2D eigenvalue weighted by Gasteiger charge is 2.27. The van der Waals surface area contributed by atoms with E-state index in [4.69, 9.17) is 11.6 Å². The van der Waals surface area contributed by atoms with Gasteiger partial charge in [0, 0.05) is 11.1 Å². The highest BCUT2D eigenvalue weighted by molar-refractivity contribution is 6.31. The minimum Gasteiger partial charge on any atom is -0.348 e. The van der Waals surface area contributed by atoms with Crippen molar-refractivity contribution in [3.05, 3.63) is 91.2 Å². The number of rotatable bonds is 5. The molecule has 3 aromatic rings. The summed E-state index contributed by atoms with van der Waals surface area (Å²) in [5, 5.41) is 7.30. The summed E-state index contributed by atoms with van der Waals surface area (Å²) < 4.78 is 2.08. The van der Waals surface area contributed by atoms with Gasteiger partial charge in [0.1, 0.15) is 0 Å². The van der Waals surface area contributed by atoms with Crippen LogP contribution in [0.5, 0.6) is 0 Å². The Hall–Kier alpha value is -3.19. The minimum atomic E-state index is -0.739. The molecule has 0 unspecified atom stereocenters. The molecule has 148 valence electrons. The Bertz CT molecular complexity index is 1190. The number of amides is 1. The van der Waals surface area contributed by atoms with Gasteiger partial charge in [-0.05, 0) is 43.5 Å². The molecule has 1 heterocycles. The van der Waals surface area contributed by atoms with Crippen LogP contribution < -0.4 is 16.6 Å². The van der Waals surface area contributed by atoms with Crippen molar-refractivity contribution in [1.29, 1.82) is 0 Å². The van der Waals surface area contributed by atoms with Crippen LogP contribution in [0.15, 0.2) is 58.1 Å². The van der Waals surface area contributed by atoms with Gasteiger partial charge in [-0.1, -0.05) is 47.5 Å². The third kappa shape index (κ3) is 4.00. The highest BCUT2D eigenvalue weighted by Crippen LogP contribution is 2.19. The number of aryl methyl sites for hydroxylation is 1. The van der Waals surface area contributed by atoms with Crippen molar-refractivity contribution in [2.45, 2.75) is 32.4 Å². The SMILES string of the molecule is Cc1ccc(-n2nc(C(=O)NC3CC3)c(=O)n(Cc3ccccc3Cl)c2=O)cc1. The zero-order valence-corrected chi connectivity index (χ0v) is 16.5. The van der Waals surface area contributed by atoms with Crippen LogP contribution in [0.1, 0.15) is 34.5 Å². The molecule has 0 bridgehead atoms. The van der Waals surface area contributed by atoms with Gasteiger partial charge in [0.15, 0.2) is 0 Å². The Morgan fingerprint density at radius 3 is 2.48 bits per heavy atom. The summed E-state index contributed by atoms with van der Waals surface area (Å²) in [4.78, 5) is 38.7. The number of hydrogen-bond donors (Lipinski definition) is 1. The van der Waals surface area contributed by atoms with Gasteiger partial charge in [-0.15, -0.1) is 0 Å². The van der Waals surface area contributed by atoms with Crippen LogP contribution >= 0.6 is 11.6 Å². The van der Waals surface area contributed by atoms with Crippen LogP contribution in [-0.4, -0.2) is 26.3 Å². The number of carbonyl (C=O) groups excluding carboxylic acids is 1. The number of hydrogen-bond acceptors (Lipinski definition) is 4. The standard InChI is InChI=1S/C21H19ClN4O3/c1-13-6-10-16(11-7-13)26-21(29)25(12-14-4-2-3-5-17(14)22)20(28)18(24-26)19(27)23-15-8-9-15/h2-7,10-11,15H,8-9,12H2,1H3,(H,23,27). The molecular formula is C21H19ClN4O3. The zero-order valence-electron chi connectivity index (χ0n) is 15.8. The molecule has 0 aliphatic heterocycles. The quantitative estimate of drug-likeness (QED) is 0.699. The predicted molar refractivity (Wildman–Crippen MR) is 110 cm³/mol. The fourth-order valence-electron chi connectivity index (χ4n) is 2.93. The van der Waals surface area contributed by atoms with Crippen molar-refractivity contribution in [1.82, 2.24) is 19.7 Å². The third-order valence-corrected chi connectivity index (χ3v) is 5.12. The topological polar surface area (TPSA) is 86.0 Å². The van der Waals surface area contributed by atoms with Crippen molar-refractivity contribution < 1.29 is 4.79 Å². The van der Waals surface area contributed by atoms with E-state index >= 15 is 0 Å². The van der Waals surface area contributed by atoms with Crippen LogP contribution in [0.25, 0.3) is 5.69 Å². The summed E-state index contributed by atoms with van der Waals surface area (Å²) >= 11 is 6.21. The van der Waals surface area contributed by atoms with E-state index in [1.54, 1.807) is 36.4 Å². The van der Waals surface area contributed by atoms with Crippen molar-refractivity contribution in [2.24, 2.45) is 0 Å². The number of aromatic nitrogens is 3. The Kier molecular flexibility index (Phi) is 5.07. The predicted octanol–water partition coefficient (Wildman–Crippen LogP) is 2.30. The minimum absolute atomic E-state index is 0.0560. The summed E-state index contributed by atoms with van der Waals surface area (Å²) in [6, 6.07) is 14.1. The molecule has 1 aliphatic rings. The van der Waals surface area contributed by atoms with Gasteiger partial charge < -0.3 is 5.32 Å². The first-order valence-electron chi connectivity index (χ1n) is 9.29. The first-order valence-corrected chi connectivity index (χ1v) is 9.67. The average Bonchev–Trinajstić information content (AvgIpc) is 3.51. The van der Waals surface area contributed by atoms with E-state index in [2.05, 4.69) is 10.4 Å². The van der Waals surface area contributed by atoms with E-state index in [0.717, 1.165) is 27.7 Å². The van der Waals surface area contributed by atoms with Gasteiger partial charge in [0.2, 0.25) is 5.69 Å². The third-order valence-electron chi connectivity index (χ3n) is 4.75. The van der Waals surface area contributed by atoms with E-state index in [1.165, 1.54) is 0 Å². The first kappa shape index (κ1) is 19.1. The number of nitrogens with one attached hydrogen (secondary N) is 1. The van der Waals surface area contributed by atoms with Gasteiger partial charge in [0.05, 0.1) is 12.2 Å². The molecule has 29 heavy (non-hydrogen) atoms. The van der Waals surface area contributed by atoms with Crippen LogP contribution in [0.4, 0.5) is 0 Å². The maximum Gasteiger partial charge on any atom is 0.352 e. The van der Waals surface area contributed by atoms with Crippen LogP contribution in [0.2, 0.25) is 5.02 Å². The van der Waals surface area contributed by atoms with Gasteiger partial charge in [-0.2, -0.15) is 9.78 Å². The lowest BCUT2D eigenvalue weighted by molar-refractivity contribution is 0.0941. The van der Waals surface area contributed by atoms with Crippen LogP contribution in [0, 0.1) is 6.92 Å². The fourth-order valence-corrected chi connectivity index (χ4v) is 3.12. The number of benzene rings is 2. The van der Waals surface area contributed by atoms with Crippen molar-refractivity contribution in [3.63, 3.8) is 0 Å².